The molecule has 0 fully saturated rings. The molecule has 0 spiro atoms. The second kappa shape index (κ2) is 15.2. The zero-order valence-corrected chi connectivity index (χ0v) is 24.9. The van der Waals surface area contributed by atoms with Crippen LogP contribution in [0.3, 0.4) is 0 Å². The van der Waals surface area contributed by atoms with E-state index >= 15 is 0 Å². The van der Waals surface area contributed by atoms with Gasteiger partial charge in [0.15, 0.2) is 11.2 Å². The number of hydrogen-bond acceptors (Lipinski definition) is 5. The lowest BCUT2D eigenvalue weighted by Crippen LogP contribution is -2.40. The summed E-state index contributed by atoms with van der Waals surface area (Å²) < 4.78 is 16.5. The number of nitrogens with zero attached hydrogens (tertiary/aromatic N) is 4. The highest BCUT2D eigenvalue weighted by Crippen LogP contribution is 2.26. The van der Waals surface area contributed by atoms with Crippen LogP contribution in [0.5, 0.6) is 5.75 Å². The van der Waals surface area contributed by atoms with Crippen molar-refractivity contribution in [1.29, 1.82) is 0 Å². The van der Waals surface area contributed by atoms with Crippen LogP contribution in [0.25, 0.3) is 22.6 Å². The molecule has 0 aliphatic heterocycles. The molecule has 0 bridgehead atoms. The van der Waals surface area contributed by atoms with Gasteiger partial charge in [-0.2, -0.15) is 0 Å². The van der Waals surface area contributed by atoms with Crippen molar-refractivity contribution in [2.24, 2.45) is 5.92 Å². The largest absolute Gasteiger partial charge is 0.489 e. The monoisotopic (exact) mass is 548 g/mol. The van der Waals surface area contributed by atoms with Crippen LogP contribution in [0, 0.1) is 5.92 Å². The molecule has 8 nitrogen and oxygen atoms in total. The van der Waals surface area contributed by atoms with Crippen LogP contribution >= 0.6 is 0 Å². The molecule has 0 unspecified atom stereocenters. The molecular formula is C32H44N4O4. The molecule has 40 heavy (non-hydrogen) atoms. The summed E-state index contributed by atoms with van der Waals surface area (Å²) in [6.07, 6.45) is 2.29. The average molecular weight is 549 g/mol. The summed E-state index contributed by atoms with van der Waals surface area (Å²) in [4.78, 5) is 31.5. The van der Waals surface area contributed by atoms with Gasteiger partial charge in [-0.15, -0.1) is 0 Å². The second-order valence-corrected chi connectivity index (χ2v) is 10.5. The van der Waals surface area contributed by atoms with Gasteiger partial charge in [0.2, 0.25) is 0 Å². The third-order valence-corrected chi connectivity index (χ3v) is 5.94. The maximum absolute atomic E-state index is 13.5. The summed E-state index contributed by atoms with van der Waals surface area (Å²) in [5.41, 5.74) is 2.06. The first kappa shape index (κ1) is 30.9. The van der Waals surface area contributed by atoms with Crippen LogP contribution in [-0.2, 0) is 31.2 Å². The van der Waals surface area contributed by atoms with Crippen LogP contribution in [0.15, 0.2) is 64.2 Å². The molecule has 2 heterocycles. The van der Waals surface area contributed by atoms with Crippen LogP contribution in [0.1, 0.15) is 66.4 Å². The van der Waals surface area contributed by atoms with Crippen LogP contribution < -0.4 is 16.0 Å². The van der Waals surface area contributed by atoms with Crippen LogP contribution in [-0.4, -0.2) is 25.3 Å². The molecule has 2 aromatic heterocycles. The summed E-state index contributed by atoms with van der Waals surface area (Å²) in [7, 11) is 0. The fourth-order valence-electron chi connectivity index (χ4n) is 4.22. The smallest absolute Gasteiger partial charge is 0.332 e. The van der Waals surface area contributed by atoms with Crippen molar-refractivity contribution in [3.05, 3.63) is 81.0 Å². The standard InChI is InChI=1S/C28H34N4O4.C4H10/c1-4-16-30-26-24(27(33)31(17-5-2)28(30)34)32(20-35-18-6-3)25(29-26)22-12-14-23(15-13-22)36-19-21-10-8-7-9-11-21;1-4(2)3/h7-15H,4-6,16-20H2,1-3H3;4H,1-3H3. The van der Waals surface area contributed by atoms with Gasteiger partial charge in [0.25, 0.3) is 5.56 Å². The van der Waals surface area contributed by atoms with Gasteiger partial charge in [0.05, 0.1) is 0 Å². The van der Waals surface area contributed by atoms with Crippen molar-refractivity contribution in [2.45, 2.75) is 87.2 Å². The molecule has 4 rings (SSSR count). The predicted molar refractivity (Wildman–Crippen MR) is 162 cm³/mol. The Morgan fingerprint density at radius 3 is 2.02 bits per heavy atom. The van der Waals surface area contributed by atoms with Gasteiger partial charge in [-0.25, -0.2) is 9.78 Å². The van der Waals surface area contributed by atoms with Gasteiger partial charge < -0.3 is 9.47 Å². The number of aryl methyl sites for hydroxylation is 1. The quantitative estimate of drug-likeness (QED) is 0.190. The highest BCUT2D eigenvalue weighted by molar-refractivity contribution is 5.77. The van der Waals surface area contributed by atoms with Gasteiger partial charge in [-0.05, 0) is 55.0 Å². The van der Waals surface area contributed by atoms with Crippen molar-refractivity contribution in [3.63, 3.8) is 0 Å². The Morgan fingerprint density at radius 2 is 1.43 bits per heavy atom. The van der Waals surface area contributed by atoms with Gasteiger partial charge in [-0.1, -0.05) is 71.9 Å². The Bertz CT molecular complexity index is 1450. The first-order chi connectivity index (χ1) is 19.3. The highest BCUT2D eigenvalue weighted by atomic mass is 16.5. The van der Waals surface area contributed by atoms with E-state index in [4.69, 9.17) is 14.5 Å². The average Bonchev–Trinajstić information content (AvgIpc) is 3.32. The van der Waals surface area contributed by atoms with E-state index in [1.165, 1.54) is 4.57 Å². The molecule has 0 N–H and O–H groups in total. The molecule has 0 radical (unpaired) electrons. The number of ether oxygens (including phenoxy) is 2. The minimum Gasteiger partial charge on any atom is -0.489 e. The minimum atomic E-state index is -0.328. The molecule has 0 aliphatic carbocycles. The third kappa shape index (κ3) is 7.72. The zero-order valence-electron chi connectivity index (χ0n) is 24.9. The van der Waals surface area contributed by atoms with Crippen molar-refractivity contribution in [1.82, 2.24) is 18.7 Å². The third-order valence-electron chi connectivity index (χ3n) is 5.94. The number of hydrogen-bond donors (Lipinski definition) is 0. The second-order valence-electron chi connectivity index (χ2n) is 10.5. The van der Waals surface area contributed by atoms with E-state index in [0.717, 1.165) is 35.6 Å². The summed E-state index contributed by atoms with van der Waals surface area (Å²) in [5, 5.41) is 0. The Balaban J connectivity index is 0.00000103. The van der Waals surface area contributed by atoms with E-state index in [9.17, 15) is 9.59 Å². The van der Waals surface area contributed by atoms with Crippen molar-refractivity contribution in [3.8, 4) is 17.1 Å². The van der Waals surface area contributed by atoms with E-state index in [-0.39, 0.29) is 18.0 Å². The highest BCUT2D eigenvalue weighted by Gasteiger charge is 2.22. The molecule has 4 aromatic rings. The van der Waals surface area contributed by atoms with Crippen molar-refractivity contribution < 1.29 is 9.47 Å². The molecule has 0 saturated heterocycles. The molecule has 0 saturated carbocycles. The van der Waals surface area contributed by atoms with E-state index < -0.39 is 0 Å². The number of fused-ring (bicyclic) bond motifs is 1. The predicted octanol–water partition coefficient (Wildman–Crippen LogP) is 6.47. The van der Waals surface area contributed by atoms with Crippen molar-refractivity contribution >= 4 is 11.2 Å². The zero-order chi connectivity index (χ0) is 29.1. The molecular weight excluding hydrogens is 504 g/mol. The number of benzene rings is 2. The number of rotatable bonds is 12. The summed E-state index contributed by atoms with van der Waals surface area (Å²) in [6, 6.07) is 17.6. The SMILES string of the molecule is CC(C)C.CCCOCn1c(-c2ccc(OCc3ccccc3)cc2)nc2c1c(=O)n(CCC)c(=O)n2CCC. The fraction of sp³-hybridized carbons (Fsp3) is 0.469. The molecule has 0 atom stereocenters. The first-order valence-electron chi connectivity index (χ1n) is 14.4. The lowest BCUT2D eigenvalue weighted by Gasteiger charge is -2.12. The Hall–Kier alpha value is -3.65. The Kier molecular flexibility index (Phi) is 11.8. The van der Waals surface area contributed by atoms with E-state index in [1.807, 2.05) is 75.4 Å². The lowest BCUT2D eigenvalue weighted by molar-refractivity contribution is 0.0809. The molecule has 2 aromatic carbocycles. The normalized spacial score (nSPS) is 11.1. The molecule has 8 heteroatoms. The van der Waals surface area contributed by atoms with Gasteiger partial charge >= 0.3 is 5.69 Å². The first-order valence-corrected chi connectivity index (χ1v) is 14.4. The van der Waals surface area contributed by atoms with Gasteiger partial charge in [0.1, 0.15) is 24.9 Å². The van der Waals surface area contributed by atoms with Gasteiger partial charge in [0, 0.05) is 25.3 Å². The fourth-order valence-corrected chi connectivity index (χ4v) is 4.22. The summed E-state index contributed by atoms with van der Waals surface area (Å²) in [5.74, 6) is 2.16. The van der Waals surface area contributed by atoms with E-state index in [2.05, 4.69) is 20.8 Å². The van der Waals surface area contributed by atoms with Crippen LogP contribution in [0.4, 0.5) is 0 Å². The van der Waals surface area contributed by atoms with Crippen LogP contribution in [0.2, 0.25) is 0 Å². The summed E-state index contributed by atoms with van der Waals surface area (Å²) >= 11 is 0. The molecule has 0 amide bonds. The molecule has 216 valence electrons. The lowest BCUT2D eigenvalue weighted by atomic mass is 10.2. The van der Waals surface area contributed by atoms with Gasteiger partial charge in [-0.3, -0.25) is 18.5 Å². The number of imidazole rings is 1. The summed E-state index contributed by atoms with van der Waals surface area (Å²) in [6.45, 7) is 14.6. The topological polar surface area (TPSA) is 80.3 Å². The maximum atomic E-state index is 13.5. The number of aromatic nitrogens is 4. The Morgan fingerprint density at radius 1 is 0.800 bits per heavy atom. The minimum absolute atomic E-state index is 0.178. The van der Waals surface area contributed by atoms with Crippen molar-refractivity contribution in [2.75, 3.05) is 6.61 Å². The maximum Gasteiger partial charge on any atom is 0.332 e. The Labute approximate surface area is 237 Å². The molecule has 0 aliphatic rings. The van der Waals surface area contributed by atoms with E-state index in [0.29, 0.717) is 49.7 Å². The van der Waals surface area contributed by atoms with E-state index in [1.54, 1.807) is 9.13 Å².